The molecule has 28 heavy (non-hydrogen) atoms. The molecule has 0 fully saturated rings. The molecule has 2 aromatic rings. The van der Waals surface area contributed by atoms with Gasteiger partial charge < -0.3 is 15.4 Å². The van der Waals surface area contributed by atoms with Crippen LogP contribution in [0.15, 0.2) is 24.3 Å². The highest BCUT2D eigenvalue weighted by atomic mass is 32.1. The fourth-order valence-corrected chi connectivity index (χ4v) is 3.65. The van der Waals surface area contributed by atoms with Gasteiger partial charge in [-0.3, -0.25) is 9.59 Å². The molecule has 0 saturated carbocycles. The van der Waals surface area contributed by atoms with Crippen LogP contribution in [0, 0.1) is 19.7 Å². The van der Waals surface area contributed by atoms with Gasteiger partial charge in [0.05, 0.1) is 11.6 Å². The summed E-state index contributed by atoms with van der Waals surface area (Å²) in [6.45, 7) is 8.17. The SMILES string of the molecule is CC(=O)Nc1sc(C)c(C)c1C(=O)O[C@@H](C)C(=O)N[C@H](C)c1ccc(F)cc1. The Balaban J connectivity index is 2.06. The summed E-state index contributed by atoms with van der Waals surface area (Å²) in [7, 11) is 0. The highest BCUT2D eigenvalue weighted by molar-refractivity contribution is 7.16. The largest absolute Gasteiger partial charge is 0.449 e. The number of carbonyl (C=O) groups is 3. The first-order chi connectivity index (χ1) is 13.1. The molecular weight excluding hydrogens is 383 g/mol. The van der Waals surface area contributed by atoms with Gasteiger partial charge in [0.1, 0.15) is 10.8 Å². The van der Waals surface area contributed by atoms with Crippen LogP contribution in [0.5, 0.6) is 0 Å². The van der Waals surface area contributed by atoms with Crippen LogP contribution in [0.4, 0.5) is 9.39 Å². The van der Waals surface area contributed by atoms with Crippen LogP contribution in [-0.2, 0) is 14.3 Å². The Labute approximate surface area is 167 Å². The second-order valence-electron chi connectivity index (χ2n) is 6.50. The molecule has 0 aliphatic rings. The standard InChI is InChI=1S/C20H23FN2O4S/c1-10-13(4)28-19(23-14(5)24)17(10)20(26)27-12(3)18(25)22-11(2)15-6-8-16(21)9-7-15/h6-9,11-12H,1-5H3,(H,22,25)(H,23,24)/t11-,12+/m1/s1. The van der Waals surface area contributed by atoms with Gasteiger partial charge in [-0.15, -0.1) is 11.3 Å². The predicted octanol–water partition coefficient (Wildman–Crippen LogP) is 3.89. The van der Waals surface area contributed by atoms with Crippen LogP contribution < -0.4 is 10.6 Å². The van der Waals surface area contributed by atoms with E-state index in [1.165, 1.54) is 37.3 Å². The van der Waals surface area contributed by atoms with E-state index in [0.29, 0.717) is 10.6 Å². The number of hydrogen-bond donors (Lipinski definition) is 2. The summed E-state index contributed by atoms with van der Waals surface area (Å²) in [6, 6.07) is 5.40. The molecule has 2 amide bonds. The highest BCUT2D eigenvalue weighted by Gasteiger charge is 2.26. The Morgan fingerprint density at radius 1 is 1.11 bits per heavy atom. The summed E-state index contributed by atoms with van der Waals surface area (Å²) in [5.74, 6) is -1.81. The summed E-state index contributed by atoms with van der Waals surface area (Å²) >= 11 is 1.28. The number of rotatable bonds is 6. The predicted molar refractivity (Wildman–Crippen MR) is 106 cm³/mol. The van der Waals surface area contributed by atoms with Crippen molar-refractivity contribution < 1.29 is 23.5 Å². The van der Waals surface area contributed by atoms with Crippen molar-refractivity contribution in [2.75, 3.05) is 5.32 Å². The second-order valence-corrected chi connectivity index (χ2v) is 7.72. The summed E-state index contributed by atoms with van der Waals surface area (Å²) in [5, 5.41) is 5.76. The number of aryl methyl sites for hydroxylation is 1. The van der Waals surface area contributed by atoms with E-state index in [1.807, 2.05) is 6.92 Å². The fourth-order valence-electron chi connectivity index (χ4n) is 2.56. The van der Waals surface area contributed by atoms with Gasteiger partial charge >= 0.3 is 5.97 Å². The lowest BCUT2D eigenvalue weighted by Crippen LogP contribution is -2.37. The Kier molecular flexibility index (Phi) is 6.90. The number of amides is 2. The van der Waals surface area contributed by atoms with Gasteiger partial charge in [-0.25, -0.2) is 9.18 Å². The molecular formula is C20H23FN2O4S. The number of nitrogens with one attached hydrogen (secondary N) is 2. The Bertz CT molecular complexity index is 892. The van der Waals surface area contributed by atoms with Crippen molar-refractivity contribution in [1.82, 2.24) is 5.32 Å². The molecule has 0 aliphatic heterocycles. The van der Waals surface area contributed by atoms with E-state index in [-0.39, 0.29) is 23.3 Å². The maximum absolute atomic E-state index is 13.0. The topological polar surface area (TPSA) is 84.5 Å². The molecule has 0 radical (unpaired) electrons. The zero-order valence-corrected chi connectivity index (χ0v) is 17.2. The van der Waals surface area contributed by atoms with Crippen LogP contribution in [0.1, 0.15) is 53.2 Å². The zero-order valence-electron chi connectivity index (χ0n) is 16.4. The zero-order chi connectivity index (χ0) is 21.0. The molecule has 0 unspecified atom stereocenters. The molecule has 150 valence electrons. The van der Waals surface area contributed by atoms with E-state index < -0.39 is 18.0 Å². The fraction of sp³-hybridized carbons (Fsp3) is 0.350. The highest BCUT2D eigenvalue weighted by Crippen LogP contribution is 2.33. The first kappa shape index (κ1) is 21.6. The lowest BCUT2D eigenvalue weighted by atomic mass is 10.1. The van der Waals surface area contributed by atoms with E-state index in [1.54, 1.807) is 26.0 Å². The number of hydrogen-bond acceptors (Lipinski definition) is 5. The maximum Gasteiger partial charge on any atom is 0.342 e. The molecule has 6 nitrogen and oxygen atoms in total. The van der Waals surface area contributed by atoms with E-state index in [2.05, 4.69) is 10.6 Å². The van der Waals surface area contributed by atoms with Crippen molar-refractivity contribution in [2.24, 2.45) is 0 Å². The first-order valence-corrected chi connectivity index (χ1v) is 9.56. The molecule has 2 N–H and O–H groups in total. The van der Waals surface area contributed by atoms with Gasteiger partial charge in [0.2, 0.25) is 5.91 Å². The molecule has 8 heteroatoms. The van der Waals surface area contributed by atoms with Crippen molar-refractivity contribution in [3.63, 3.8) is 0 Å². The minimum absolute atomic E-state index is 0.254. The van der Waals surface area contributed by atoms with Gasteiger partial charge in [-0.05, 0) is 51.0 Å². The molecule has 0 aliphatic carbocycles. The van der Waals surface area contributed by atoms with Gasteiger partial charge in [0.15, 0.2) is 6.10 Å². The lowest BCUT2D eigenvalue weighted by Gasteiger charge is -2.18. The summed E-state index contributed by atoms with van der Waals surface area (Å²) in [6.07, 6.45) is -1.04. The monoisotopic (exact) mass is 406 g/mol. The van der Waals surface area contributed by atoms with E-state index in [4.69, 9.17) is 4.74 Å². The minimum atomic E-state index is -1.04. The normalized spacial score (nSPS) is 12.8. The summed E-state index contributed by atoms with van der Waals surface area (Å²) in [5.41, 5.74) is 1.68. The van der Waals surface area contributed by atoms with Crippen LogP contribution in [0.3, 0.4) is 0 Å². The number of benzene rings is 1. The third-order valence-corrected chi connectivity index (χ3v) is 5.38. The van der Waals surface area contributed by atoms with Crippen molar-refractivity contribution in [3.05, 3.63) is 51.7 Å². The lowest BCUT2D eigenvalue weighted by molar-refractivity contribution is -0.129. The number of anilines is 1. The maximum atomic E-state index is 13.0. The van der Waals surface area contributed by atoms with Crippen molar-refractivity contribution in [2.45, 2.75) is 46.8 Å². The third-order valence-electron chi connectivity index (χ3n) is 4.26. The van der Waals surface area contributed by atoms with Gasteiger partial charge in [0.25, 0.3) is 5.91 Å². The first-order valence-electron chi connectivity index (χ1n) is 8.74. The molecule has 2 rings (SSSR count). The van der Waals surface area contributed by atoms with Gasteiger partial charge in [-0.2, -0.15) is 0 Å². The van der Waals surface area contributed by atoms with Crippen LogP contribution in [-0.4, -0.2) is 23.9 Å². The molecule has 0 bridgehead atoms. The number of halogens is 1. The average molecular weight is 406 g/mol. The minimum Gasteiger partial charge on any atom is -0.449 e. The van der Waals surface area contributed by atoms with Crippen LogP contribution >= 0.6 is 11.3 Å². The Morgan fingerprint density at radius 3 is 2.29 bits per heavy atom. The molecule has 0 spiro atoms. The van der Waals surface area contributed by atoms with E-state index >= 15 is 0 Å². The summed E-state index contributed by atoms with van der Waals surface area (Å²) in [4.78, 5) is 37.2. The van der Waals surface area contributed by atoms with Gasteiger partial charge in [0, 0.05) is 11.8 Å². The number of carbonyl (C=O) groups excluding carboxylic acids is 3. The van der Waals surface area contributed by atoms with E-state index in [0.717, 1.165) is 10.4 Å². The number of esters is 1. The quantitative estimate of drug-likeness (QED) is 0.713. The molecule has 2 atom stereocenters. The Morgan fingerprint density at radius 2 is 1.71 bits per heavy atom. The smallest absolute Gasteiger partial charge is 0.342 e. The molecule has 1 heterocycles. The van der Waals surface area contributed by atoms with Crippen molar-refractivity contribution in [1.29, 1.82) is 0 Å². The average Bonchev–Trinajstić information content (AvgIpc) is 2.88. The Hall–Kier alpha value is -2.74. The number of ether oxygens (including phenoxy) is 1. The third kappa shape index (κ3) is 5.16. The summed E-state index contributed by atoms with van der Waals surface area (Å²) < 4.78 is 18.3. The molecule has 0 saturated heterocycles. The number of thiophene rings is 1. The molecule has 1 aromatic heterocycles. The second kappa shape index (κ2) is 8.97. The van der Waals surface area contributed by atoms with Crippen molar-refractivity contribution in [3.8, 4) is 0 Å². The van der Waals surface area contributed by atoms with Crippen molar-refractivity contribution >= 4 is 34.1 Å². The molecule has 1 aromatic carbocycles. The van der Waals surface area contributed by atoms with E-state index in [9.17, 15) is 18.8 Å². The van der Waals surface area contributed by atoms with Crippen LogP contribution in [0.25, 0.3) is 0 Å². The van der Waals surface area contributed by atoms with Gasteiger partial charge in [-0.1, -0.05) is 12.1 Å². The van der Waals surface area contributed by atoms with Crippen LogP contribution in [0.2, 0.25) is 0 Å².